The summed E-state index contributed by atoms with van der Waals surface area (Å²) in [6.45, 7) is 8.24. The summed E-state index contributed by atoms with van der Waals surface area (Å²) < 4.78 is 9.15. The van der Waals surface area contributed by atoms with E-state index in [1.165, 1.54) is 4.90 Å². The molecule has 0 fully saturated rings. The SMILES string of the molecule is CCOc1cccc(N(C(=O)Cn2nnc3ccccc32)C(C(=O)NC(C)(C)CC)c2cccn2C)c1. The molecule has 2 aromatic heterocycles. The van der Waals surface area contributed by atoms with Crippen molar-refractivity contribution >= 4 is 28.5 Å². The summed E-state index contributed by atoms with van der Waals surface area (Å²) in [6, 6.07) is 17.5. The molecule has 2 aromatic carbocycles. The van der Waals surface area contributed by atoms with Crippen LogP contribution in [0.5, 0.6) is 5.75 Å². The lowest BCUT2D eigenvalue weighted by Crippen LogP contribution is -2.51. The van der Waals surface area contributed by atoms with E-state index < -0.39 is 11.6 Å². The predicted molar refractivity (Wildman–Crippen MR) is 143 cm³/mol. The fraction of sp³-hybridized carbons (Fsp3) is 0.357. The number of nitrogens with zero attached hydrogens (tertiary/aromatic N) is 5. The van der Waals surface area contributed by atoms with Gasteiger partial charge in [-0.05, 0) is 63.6 Å². The van der Waals surface area contributed by atoms with Gasteiger partial charge in [-0.2, -0.15) is 0 Å². The molecule has 4 aromatic rings. The van der Waals surface area contributed by atoms with Crippen LogP contribution in [0.25, 0.3) is 11.0 Å². The standard InChI is InChI=1S/C28H34N6O3/c1-6-28(3,4)29-27(36)26(24-16-11-17-32(24)5)34(20-12-10-13-21(18-20)37-7-2)25(35)19-33-23-15-9-8-14-22(23)30-31-33/h8-18,26H,6-7,19H2,1-5H3,(H,29,36). The molecule has 4 rings (SSSR count). The normalized spacial score (nSPS) is 12.4. The number of ether oxygens (including phenoxy) is 1. The van der Waals surface area contributed by atoms with Crippen LogP contribution < -0.4 is 15.0 Å². The van der Waals surface area contributed by atoms with Crippen molar-refractivity contribution in [3.8, 4) is 5.75 Å². The Kier molecular flexibility index (Phi) is 7.61. The van der Waals surface area contributed by atoms with E-state index in [4.69, 9.17) is 4.74 Å². The monoisotopic (exact) mass is 502 g/mol. The van der Waals surface area contributed by atoms with Crippen LogP contribution in [-0.2, 0) is 23.2 Å². The lowest BCUT2D eigenvalue weighted by molar-refractivity contribution is -0.128. The maximum Gasteiger partial charge on any atom is 0.249 e. The minimum Gasteiger partial charge on any atom is -0.494 e. The molecule has 0 saturated carbocycles. The van der Waals surface area contributed by atoms with Crippen LogP contribution in [0.3, 0.4) is 0 Å². The number of aryl methyl sites for hydroxylation is 1. The third-order valence-electron chi connectivity index (χ3n) is 6.50. The molecule has 0 radical (unpaired) electrons. The van der Waals surface area contributed by atoms with Crippen LogP contribution in [0.4, 0.5) is 5.69 Å². The first-order valence-electron chi connectivity index (χ1n) is 12.5. The summed E-state index contributed by atoms with van der Waals surface area (Å²) >= 11 is 0. The highest BCUT2D eigenvalue weighted by atomic mass is 16.5. The first kappa shape index (κ1) is 25.9. The number of anilines is 1. The fourth-order valence-corrected chi connectivity index (χ4v) is 4.20. The van der Waals surface area contributed by atoms with E-state index in [2.05, 4.69) is 15.6 Å². The molecule has 1 unspecified atom stereocenters. The molecule has 0 aliphatic rings. The highest BCUT2D eigenvalue weighted by Crippen LogP contribution is 2.32. The molecule has 2 heterocycles. The van der Waals surface area contributed by atoms with E-state index in [1.54, 1.807) is 10.7 Å². The second-order valence-corrected chi connectivity index (χ2v) is 9.60. The molecule has 0 saturated heterocycles. The van der Waals surface area contributed by atoms with Gasteiger partial charge in [0.1, 0.15) is 17.8 Å². The number of rotatable bonds is 10. The lowest BCUT2D eigenvalue weighted by atomic mass is 10.00. The van der Waals surface area contributed by atoms with Gasteiger partial charge in [-0.1, -0.05) is 30.3 Å². The van der Waals surface area contributed by atoms with Crippen LogP contribution in [0.1, 0.15) is 45.9 Å². The van der Waals surface area contributed by atoms with Crippen LogP contribution in [0.15, 0.2) is 66.9 Å². The Morgan fingerprint density at radius 2 is 1.86 bits per heavy atom. The zero-order valence-electron chi connectivity index (χ0n) is 22.0. The Labute approximate surface area is 217 Å². The van der Waals surface area contributed by atoms with Gasteiger partial charge in [0.15, 0.2) is 6.04 Å². The molecule has 37 heavy (non-hydrogen) atoms. The molecule has 1 N–H and O–H groups in total. The van der Waals surface area contributed by atoms with E-state index in [9.17, 15) is 9.59 Å². The van der Waals surface area contributed by atoms with Gasteiger partial charge in [0.05, 0.1) is 17.8 Å². The van der Waals surface area contributed by atoms with Crippen molar-refractivity contribution in [1.82, 2.24) is 24.9 Å². The first-order valence-corrected chi connectivity index (χ1v) is 12.5. The average Bonchev–Trinajstić information content (AvgIpc) is 3.48. The first-order chi connectivity index (χ1) is 17.7. The summed E-state index contributed by atoms with van der Waals surface area (Å²) in [5.74, 6) is 0.0381. The molecule has 0 spiro atoms. The van der Waals surface area contributed by atoms with Gasteiger partial charge in [0, 0.05) is 30.5 Å². The van der Waals surface area contributed by atoms with Crippen LogP contribution >= 0.6 is 0 Å². The molecule has 2 amide bonds. The van der Waals surface area contributed by atoms with Gasteiger partial charge in [-0.3, -0.25) is 14.5 Å². The highest BCUT2D eigenvalue weighted by Gasteiger charge is 2.36. The van der Waals surface area contributed by atoms with Crippen molar-refractivity contribution in [3.05, 3.63) is 72.6 Å². The van der Waals surface area contributed by atoms with Gasteiger partial charge in [0.25, 0.3) is 0 Å². The molecule has 0 bridgehead atoms. The molecule has 194 valence electrons. The molecule has 1 atom stereocenters. The zero-order valence-corrected chi connectivity index (χ0v) is 22.0. The van der Waals surface area contributed by atoms with Crippen LogP contribution in [-0.4, -0.2) is 43.5 Å². The van der Waals surface area contributed by atoms with Gasteiger partial charge < -0.3 is 14.6 Å². The minimum absolute atomic E-state index is 0.0925. The number of amides is 2. The summed E-state index contributed by atoms with van der Waals surface area (Å²) in [7, 11) is 1.87. The van der Waals surface area contributed by atoms with Crippen molar-refractivity contribution in [1.29, 1.82) is 0 Å². The summed E-state index contributed by atoms with van der Waals surface area (Å²) in [6.07, 6.45) is 2.60. The number of hydrogen-bond acceptors (Lipinski definition) is 5. The van der Waals surface area contributed by atoms with Gasteiger partial charge in [-0.25, -0.2) is 4.68 Å². The molecule has 0 aliphatic carbocycles. The maximum atomic E-state index is 14.1. The van der Waals surface area contributed by atoms with Gasteiger partial charge >= 0.3 is 0 Å². The zero-order chi connectivity index (χ0) is 26.6. The maximum absolute atomic E-state index is 14.1. The summed E-state index contributed by atoms with van der Waals surface area (Å²) in [4.78, 5) is 29.6. The molecule has 9 nitrogen and oxygen atoms in total. The van der Waals surface area contributed by atoms with Crippen molar-refractivity contribution in [2.24, 2.45) is 7.05 Å². The van der Waals surface area contributed by atoms with Crippen LogP contribution in [0, 0.1) is 0 Å². The largest absolute Gasteiger partial charge is 0.494 e. The number of aromatic nitrogens is 4. The molecular formula is C28H34N6O3. The number of benzene rings is 2. The van der Waals surface area contributed by atoms with Crippen molar-refractivity contribution in [3.63, 3.8) is 0 Å². The highest BCUT2D eigenvalue weighted by molar-refractivity contribution is 6.01. The lowest BCUT2D eigenvalue weighted by Gasteiger charge is -2.34. The van der Waals surface area contributed by atoms with Crippen molar-refractivity contribution in [2.45, 2.75) is 52.2 Å². The molecule has 0 aliphatic heterocycles. The van der Waals surface area contributed by atoms with E-state index >= 15 is 0 Å². The second kappa shape index (κ2) is 10.9. The Balaban J connectivity index is 1.83. The Morgan fingerprint density at radius 1 is 1.08 bits per heavy atom. The van der Waals surface area contributed by atoms with Crippen LogP contribution in [0.2, 0.25) is 0 Å². The molecule has 9 heteroatoms. The number of carbonyl (C=O) groups excluding carboxylic acids is 2. The minimum atomic E-state index is -0.926. The van der Waals surface area contributed by atoms with Crippen molar-refractivity contribution < 1.29 is 14.3 Å². The number of hydrogen-bond donors (Lipinski definition) is 1. The third kappa shape index (κ3) is 5.66. The topological polar surface area (TPSA) is 94.3 Å². The van der Waals surface area contributed by atoms with Gasteiger partial charge in [0.2, 0.25) is 11.8 Å². The molecular weight excluding hydrogens is 468 g/mol. The smallest absolute Gasteiger partial charge is 0.249 e. The number of nitrogens with one attached hydrogen (secondary N) is 1. The van der Waals surface area contributed by atoms with E-state index in [0.717, 1.165) is 11.9 Å². The summed E-state index contributed by atoms with van der Waals surface area (Å²) in [5, 5.41) is 11.5. The number of fused-ring (bicyclic) bond motifs is 1. The third-order valence-corrected chi connectivity index (χ3v) is 6.50. The quantitative estimate of drug-likeness (QED) is 0.350. The predicted octanol–water partition coefficient (Wildman–Crippen LogP) is 4.25. The second-order valence-electron chi connectivity index (χ2n) is 9.60. The number of para-hydroxylation sites is 1. The summed E-state index contributed by atoms with van der Waals surface area (Å²) in [5.41, 5.74) is 2.22. The van der Waals surface area contributed by atoms with E-state index in [1.807, 2.05) is 100 Å². The fourth-order valence-electron chi connectivity index (χ4n) is 4.20. The van der Waals surface area contributed by atoms with Crippen molar-refractivity contribution in [2.75, 3.05) is 11.5 Å². The Hall–Kier alpha value is -4.14. The Morgan fingerprint density at radius 3 is 2.57 bits per heavy atom. The van der Waals surface area contributed by atoms with E-state index in [0.29, 0.717) is 29.3 Å². The van der Waals surface area contributed by atoms with E-state index in [-0.39, 0.29) is 18.4 Å². The number of carbonyl (C=O) groups is 2. The Bertz CT molecular complexity index is 1390. The average molecular weight is 503 g/mol. The van der Waals surface area contributed by atoms with Gasteiger partial charge in [-0.15, -0.1) is 5.10 Å².